The standard InChI is InChI=1S/C13H25IO/c1-9(2)7-5-6-8-10(15)11-12(14)13(11,3)4/h9-12,15H,5-8H2,1-4H3/t10-,11-,12+/m0/s1. The molecule has 0 heterocycles. The van der Waals surface area contributed by atoms with Gasteiger partial charge in [-0.15, -0.1) is 0 Å². The fraction of sp³-hybridized carbons (Fsp3) is 1.00. The van der Waals surface area contributed by atoms with E-state index in [2.05, 4.69) is 50.3 Å². The highest BCUT2D eigenvalue weighted by Gasteiger charge is 2.58. The zero-order chi connectivity index (χ0) is 11.6. The number of alkyl halides is 1. The van der Waals surface area contributed by atoms with E-state index in [0.29, 0.717) is 15.3 Å². The summed E-state index contributed by atoms with van der Waals surface area (Å²) in [7, 11) is 0. The average molecular weight is 324 g/mol. The van der Waals surface area contributed by atoms with Gasteiger partial charge in [0.1, 0.15) is 0 Å². The van der Waals surface area contributed by atoms with E-state index in [1.807, 2.05) is 0 Å². The Morgan fingerprint density at radius 2 is 1.67 bits per heavy atom. The summed E-state index contributed by atoms with van der Waals surface area (Å²) in [6.07, 6.45) is 4.70. The minimum absolute atomic E-state index is 0.0611. The third-order valence-electron chi connectivity index (χ3n) is 3.72. The van der Waals surface area contributed by atoms with Gasteiger partial charge < -0.3 is 5.11 Å². The Bertz CT molecular complexity index is 201. The van der Waals surface area contributed by atoms with E-state index in [-0.39, 0.29) is 6.10 Å². The molecule has 2 heteroatoms. The zero-order valence-electron chi connectivity index (χ0n) is 10.5. The lowest BCUT2D eigenvalue weighted by Gasteiger charge is -2.12. The van der Waals surface area contributed by atoms with Gasteiger partial charge in [-0.2, -0.15) is 0 Å². The fourth-order valence-electron chi connectivity index (χ4n) is 2.39. The maximum absolute atomic E-state index is 10.1. The number of rotatable bonds is 6. The van der Waals surface area contributed by atoms with Gasteiger partial charge in [0.15, 0.2) is 0 Å². The number of aliphatic hydroxyl groups excluding tert-OH is 1. The van der Waals surface area contributed by atoms with Gasteiger partial charge in [-0.25, -0.2) is 0 Å². The largest absolute Gasteiger partial charge is 0.393 e. The van der Waals surface area contributed by atoms with Crippen molar-refractivity contribution in [3.63, 3.8) is 0 Å². The van der Waals surface area contributed by atoms with E-state index in [4.69, 9.17) is 0 Å². The number of hydrogen-bond acceptors (Lipinski definition) is 1. The highest BCUT2D eigenvalue weighted by atomic mass is 127. The van der Waals surface area contributed by atoms with Crippen molar-refractivity contribution in [2.75, 3.05) is 0 Å². The van der Waals surface area contributed by atoms with Crippen LogP contribution in [0.2, 0.25) is 0 Å². The monoisotopic (exact) mass is 324 g/mol. The summed E-state index contributed by atoms with van der Waals surface area (Å²) in [6.45, 7) is 9.07. The van der Waals surface area contributed by atoms with Gasteiger partial charge >= 0.3 is 0 Å². The lowest BCUT2D eigenvalue weighted by atomic mass is 9.99. The van der Waals surface area contributed by atoms with Crippen LogP contribution in [0.5, 0.6) is 0 Å². The summed E-state index contributed by atoms with van der Waals surface area (Å²) in [6, 6.07) is 0. The summed E-state index contributed by atoms with van der Waals surface area (Å²) in [4.78, 5) is 0. The Morgan fingerprint density at radius 1 is 1.20 bits per heavy atom. The molecule has 1 saturated carbocycles. The van der Waals surface area contributed by atoms with E-state index in [1.165, 1.54) is 19.3 Å². The van der Waals surface area contributed by atoms with Crippen LogP contribution in [-0.2, 0) is 0 Å². The molecule has 1 aliphatic carbocycles. The molecule has 0 aromatic rings. The molecule has 0 radical (unpaired) electrons. The lowest BCUT2D eigenvalue weighted by molar-refractivity contribution is 0.124. The van der Waals surface area contributed by atoms with Gasteiger partial charge in [-0.1, -0.05) is 69.5 Å². The van der Waals surface area contributed by atoms with E-state index < -0.39 is 0 Å². The molecule has 0 unspecified atom stereocenters. The molecule has 1 fully saturated rings. The van der Waals surface area contributed by atoms with E-state index >= 15 is 0 Å². The second-order valence-electron chi connectivity index (χ2n) is 5.99. The zero-order valence-corrected chi connectivity index (χ0v) is 12.6. The molecule has 1 N–H and O–H groups in total. The molecule has 0 saturated heterocycles. The van der Waals surface area contributed by atoms with Crippen LogP contribution in [0.25, 0.3) is 0 Å². The normalized spacial score (nSPS) is 30.6. The van der Waals surface area contributed by atoms with Crippen LogP contribution >= 0.6 is 22.6 Å². The van der Waals surface area contributed by atoms with Crippen LogP contribution in [0.4, 0.5) is 0 Å². The highest BCUT2D eigenvalue weighted by molar-refractivity contribution is 14.1. The van der Waals surface area contributed by atoms with Crippen molar-refractivity contribution in [2.24, 2.45) is 17.3 Å². The van der Waals surface area contributed by atoms with Crippen LogP contribution in [-0.4, -0.2) is 15.1 Å². The highest BCUT2D eigenvalue weighted by Crippen LogP contribution is 2.59. The molecule has 1 aliphatic rings. The molecule has 0 amide bonds. The lowest BCUT2D eigenvalue weighted by Crippen LogP contribution is -2.13. The molecule has 3 atom stereocenters. The van der Waals surface area contributed by atoms with Gasteiger partial charge in [0.2, 0.25) is 0 Å². The second kappa shape index (κ2) is 5.35. The van der Waals surface area contributed by atoms with E-state index in [1.54, 1.807) is 0 Å². The molecule has 0 aromatic carbocycles. The molecular formula is C13H25IO. The van der Waals surface area contributed by atoms with Crippen LogP contribution < -0.4 is 0 Å². The third kappa shape index (κ3) is 3.58. The number of aliphatic hydroxyl groups is 1. The van der Waals surface area contributed by atoms with Crippen LogP contribution in [0.3, 0.4) is 0 Å². The van der Waals surface area contributed by atoms with Gasteiger partial charge in [-0.3, -0.25) is 0 Å². The summed E-state index contributed by atoms with van der Waals surface area (Å²) >= 11 is 2.49. The van der Waals surface area contributed by atoms with Crippen molar-refractivity contribution in [2.45, 2.75) is 63.4 Å². The Balaban J connectivity index is 2.13. The Kier molecular flexibility index (Phi) is 4.90. The van der Waals surface area contributed by atoms with Gasteiger partial charge in [0.25, 0.3) is 0 Å². The van der Waals surface area contributed by atoms with Crippen LogP contribution in [0.15, 0.2) is 0 Å². The first-order valence-electron chi connectivity index (χ1n) is 6.19. The second-order valence-corrected chi connectivity index (χ2v) is 7.34. The molecule has 15 heavy (non-hydrogen) atoms. The van der Waals surface area contributed by atoms with Crippen LogP contribution in [0.1, 0.15) is 53.4 Å². The molecule has 0 aromatic heterocycles. The number of unbranched alkanes of at least 4 members (excludes halogenated alkanes) is 1. The van der Waals surface area contributed by atoms with Crippen molar-refractivity contribution in [3.05, 3.63) is 0 Å². The van der Waals surface area contributed by atoms with E-state index in [0.717, 1.165) is 12.3 Å². The first kappa shape index (κ1) is 13.8. The molecule has 0 spiro atoms. The maximum atomic E-state index is 10.1. The average Bonchev–Trinajstić information content (AvgIpc) is 2.60. The minimum Gasteiger partial charge on any atom is -0.393 e. The summed E-state index contributed by atoms with van der Waals surface area (Å²) in [5.74, 6) is 1.34. The Hall–Kier alpha value is 0.690. The predicted molar refractivity (Wildman–Crippen MR) is 74.4 cm³/mol. The smallest absolute Gasteiger partial charge is 0.0584 e. The van der Waals surface area contributed by atoms with Gasteiger partial charge in [-0.05, 0) is 17.8 Å². The minimum atomic E-state index is -0.0611. The van der Waals surface area contributed by atoms with Crippen molar-refractivity contribution in [1.82, 2.24) is 0 Å². The maximum Gasteiger partial charge on any atom is 0.0584 e. The number of halogens is 1. The molecule has 1 rings (SSSR count). The van der Waals surface area contributed by atoms with Gasteiger partial charge in [0.05, 0.1) is 6.10 Å². The SMILES string of the molecule is CC(C)CCCC[C@H](O)[C@H]1[C@@H](I)C1(C)C. The molecular weight excluding hydrogens is 299 g/mol. The molecule has 90 valence electrons. The van der Waals surface area contributed by atoms with E-state index in [9.17, 15) is 5.11 Å². The van der Waals surface area contributed by atoms with Gasteiger partial charge in [0, 0.05) is 9.84 Å². The molecule has 0 aliphatic heterocycles. The molecule has 0 bridgehead atoms. The summed E-state index contributed by atoms with van der Waals surface area (Å²) in [5, 5.41) is 10.1. The first-order chi connectivity index (χ1) is 6.87. The Morgan fingerprint density at radius 3 is 2.07 bits per heavy atom. The summed E-state index contributed by atoms with van der Waals surface area (Å²) < 4.78 is 0.676. The summed E-state index contributed by atoms with van der Waals surface area (Å²) in [5.41, 5.74) is 0.373. The Labute approximate surface area is 108 Å². The fourth-order valence-corrected chi connectivity index (χ4v) is 4.00. The topological polar surface area (TPSA) is 20.2 Å². The van der Waals surface area contributed by atoms with Crippen molar-refractivity contribution in [1.29, 1.82) is 0 Å². The van der Waals surface area contributed by atoms with Crippen LogP contribution in [0, 0.1) is 17.3 Å². The number of hydrogen-bond donors (Lipinski definition) is 1. The quantitative estimate of drug-likeness (QED) is 0.444. The third-order valence-corrected chi connectivity index (χ3v) is 6.10. The van der Waals surface area contributed by atoms with Crippen molar-refractivity contribution in [3.8, 4) is 0 Å². The predicted octanol–water partition coefficient (Wildman–Crippen LogP) is 4.02. The van der Waals surface area contributed by atoms with Crippen molar-refractivity contribution < 1.29 is 5.11 Å². The molecule has 1 nitrogen and oxygen atoms in total. The van der Waals surface area contributed by atoms with Crippen molar-refractivity contribution >= 4 is 22.6 Å². The first-order valence-corrected chi connectivity index (χ1v) is 7.44.